The summed E-state index contributed by atoms with van der Waals surface area (Å²) in [4.78, 5) is 0. The number of aryl methyl sites for hydroxylation is 2. The molecule has 0 radical (unpaired) electrons. The third kappa shape index (κ3) is 2.58. The minimum Gasteiger partial charge on any atom is -0.313 e. The molecule has 1 unspecified atom stereocenters. The van der Waals surface area contributed by atoms with Gasteiger partial charge in [-0.2, -0.15) is 0 Å². The van der Waals surface area contributed by atoms with Gasteiger partial charge in [-0.05, 0) is 69.0 Å². The van der Waals surface area contributed by atoms with Crippen LogP contribution in [0.25, 0.3) is 0 Å². The maximum absolute atomic E-state index is 5.87. The van der Waals surface area contributed by atoms with Gasteiger partial charge in [0.15, 0.2) is 0 Å². The van der Waals surface area contributed by atoms with Crippen molar-refractivity contribution in [3.05, 3.63) is 33.9 Å². The SMILES string of the molecule is CNC(CCCl)c1c(C)c(C)cc(C)c1C. The quantitative estimate of drug-likeness (QED) is 0.788. The fourth-order valence-corrected chi connectivity index (χ4v) is 2.53. The van der Waals surface area contributed by atoms with E-state index in [2.05, 4.69) is 39.1 Å². The van der Waals surface area contributed by atoms with Crippen LogP contribution in [0.1, 0.15) is 40.3 Å². The summed E-state index contributed by atoms with van der Waals surface area (Å²) in [6.07, 6.45) is 0.975. The lowest BCUT2D eigenvalue weighted by Crippen LogP contribution is -2.20. The molecule has 0 saturated heterocycles. The zero-order chi connectivity index (χ0) is 12.3. The number of nitrogens with one attached hydrogen (secondary N) is 1. The molecule has 0 saturated carbocycles. The Morgan fingerprint density at radius 2 is 1.62 bits per heavy atom. The molecule has 0 aromatic heterocycles. The summed E-state index contributed by atoms with van der Waals surface area (Å²) >= 11 is 5.87. The lowest BCUT2D eigenvalue weighted by Gasteiger charge is -2.23. The van der Waals surface area contributed by atoms with Gasteiger partial charge in [-0.1, -0.05) is 6.07 Å². The van der Waals surface area contributed by atoms with Crippen LogP contribution in [0.15, 0.2) is 6.07 Å². The number of benzene rings is 1. The zero-order valence-corrected chi connectivity index (χ0v) is 11.7. The van der Waals surface area contributed by atoms with Crippen LogP contribution in [-0.2, 0) is 0 Å². The van der Waals surface area contributed by atoms with E-state index in [-0.39, 0.29) is 0 Å². The second-order valence-corrected chi connectivity index (χ2v) is 4.87. The fourth-order valence-electron chi connectivity index (χ4n) is 2.31. The molecule has 0 aliphatic carbocycles. The highest BCUT2D eigenvalue weighted by Crippen LogP contribution is 2.29. The van der Waals surface area contributed by atoms with Crippen molar-refractivity contribution >= 4 is 11.6 Å². The summed E-state index contributed by atoms with van der Waals surface area (Å²) in [5, 5.41) is 3.37. The van der Waals surface area contributed by atoms with Gasteiger partial charge in [-0.15, -0.1) is 11.6 Å². The topological polar surface area (TPSA) is 12.0 Å². The average molecular weight is 240 g/mol. The highest BCUT2D eigenvalue weighted by atomic mass is 35.5. The number of hydrogen-bond acceptors (Lipinski definition) is 1. The van der Waals surface area contributed by atoms with Gasteiger partial charge in [0.05, 0.1) is 0 Å². The van der Waals surface area contributed by atoms with Crippen LogP contribution in [0.3, 0.4) is 0 Å². The number of hydrogen-bond donors (Lipinski definition) is 1. The molecule has 1 nitrogen and oxygen atoms in total. The van der Waals surface area contributed by atoms with Crippen molar-refractivity contribution in [3.63, 3.8) is 0 Å². The van der Waals surface area contributed by atoms with E-state index >= 15 is 0 Å². The van der Waals surface area contributed by atoms with Crippen LogP contribution in [0.4, 0.5) is 0 Å². The van der Waals surface area contributed by atoms with E-state index in [0.717, 1.165) is 6.42 Å². The molecule has 1 rings (SSSR count). The van der Waals surface area contributed by atoms with Gasteiger partial charge in [0, 0.05) is 11.9 Å². The van der Waals surface area contributed by atoms with Gasteiger partial charge in [-0.25, -0.2) is 0 Å². The van der Waals surface area contributed by atoms with Crippen LogP contribution in [0.5, 0.6) is 0 Å². The molecular formula is C14H22ClN. The minimum absolute atomic E-state index is 0.371. The fraction of sp³-hybridized carbons (Fsp3) is 0.571. The molecular weight excluding hydrogens is 218 g/mol. The van der Waals surface area contributed by atoms with Gasteiger partial charge in [-0.3, -0.25) is 0 Å². The summed E-state index contributed by atoms with van der Waals surface area (Å²) in [5.74, 6) is 0.692. The van der Waals surface area contributed by atoms with Gasteiger partial charge in [0.1, 0.15) is 0 Å². The third-order valence-electron chi connectivity index (χ3n) is 3.52. The van der Waals surface area contributed by atoms with Crippen molar-refractivity contribution < 1.29 is 0 Å². The highest BCUT2D eigenvalue weighted by molar-refractivity contribution is 6.17. The highest BCUT2D eigenvalue weighted by Gasteiger charge is 2.16. The Morgan fingerprint density at radius 3 is 2.00 bits per heavy atom. The summed E-state index contributed by atoms with van der Waals surface area (Å²) in [6, 6.07) is 2.64. The Balaban J connectivity index is 3.29. The molecule has 16 heavy (non-hydrogen) atoms. The number of rotatable bonds is 4. The van der Waals surface area contributed by atoms with Crippen molar-refractivity contribution in [2.24, 2.45) is 0 Å². The molecule has 0 amide bonds. The van der Waals surface area contributed by atoms with Crippen molar-refractivity contribution in [3.8, 4) is 0 Å². The predicted molar refractivity (Wildman–Crippen MR) is 72.5 cm³/mol. The Hall–Kier alpha value is -0.530. The van der Waals surface area contributed by atoms with E-state index < -0.39 is 0 Å². The van der Waals surface area contributed by atoms with Crippen molar-refractivity contribution in [1.82, 2.24) is 5.32 Å². The van der Waals surface area contributed by atoms with Crippen LogP contribution in [-0.4, -0.2) is 12.9 Å². The summed E-state index contributed by atoms with van der Waals surface area (Å²) < 4.78 is 0. The first-order valence-corrected chi connectivity index (χ1v) is 6.36. The summed E-state index contributed by atoms with van der Waals surface area (Å²) in [5.41, 5.74) is 6.96. The molecule has 0 aliphatic rings. The molecule has 1 aromatic rings. The van der Waals surface area contributed by atoms with Gasteiger partial charge in [0.25, 0.3) is 0 Å². The number of alkyl halides is 1. The molecule has 0 bridgehead atoms. The Morgan fingerprint density at radius 1 is 1.12 bits per heavy atom. The number of halogens is 1. The molecule has 2 heteroatoms. The summed E-state index contributed by atoms with van der Waals surface area (Å²) in [7, 11) is 2.01. The van der Waals surface area contributed by atoms with E-state index in [9.17, 15) is 0 Å². The smallest absolute Gasteiger partial charge is 0.0334 e. The minimum atomic E-state index is 0.371. The van der Waals surface area contributed by atoms with Crippen LogP contribution in [0.2, 0.25) is 0 Å². The van der Waals surface area contributed by atoms with E-state index in [1.54, 1.807) is 0 Å². The maximum atomic E-state index is 5.87. The van der Waals surface area contributed by atoms with Crippen molar-refractivity contribution in [1.29, 1.82) is 0 Å². The average Bonchev–Trinajstić information content (AvgIpc) is 2.25. The Labute approximate surface area is 104 Å². The molecule has 1 aromatic carbocycles. The van der Waals surface area contributed by atoms with E-state index in [0.29, 0.717) is 11.9 Å². The van der Waals surface area contributed by atoms with Crippen molar-refractivity contribution in [2.75, 3.05) is 12.9 Å². The van der Waals surface area contributed by atoms with Crippen LogP contribution < -0.4 is 5.32 Å². The molecule has 1 N–H and O–H groups in total. The van der Waals surface area contributed by atoms with Crippen LogP contribution in [0, 0.1) is 27.7 Å². The second-order valence-electron chi connectivity index (χ2n) is 4.49. The molecule has 0 spiro atoms. The first-order valence-electron chi connectivity index (χ1n) is 5.83. The van der Waals surface area contributed by atoms with Crippen molar-refractivity contribution in [2.45, 2.75) is 40.2 Å². The normalized spacial score (nSPS) is 12.9. The van der Waals surface area contributed by atoms with E-state index in [4.69, 9.17) is 11.6 Å². The standard InChI is InChI=1S/C14H22ClN/c1-9-8-10(2)12(4)14(11(9)3)13(16-5)6-7-15/h8,13,16H,6-7H2,1-5H3. The second kappa shape index (κ2) is 5.70. The third-order valence-corrected chi connectivity index (χ3v) is 3.74. The van der Waals surface area contributed by atoms with Crippen LogP contribution >= 0.6 is 11.6 Å². The monoisotopic (exact) mass is 239 g/mol. The first kappa shape index (κ1) is 13.5. The summed E-state index contributed by atoms with van der Waals surface area (Å²) in [6.45, 7) is 8.77. The van der Waals surface area contributed by atoms with Gasteiger partial charge < -0.3 is 5.32 Å². The zero-order valence-electron chi connectivity index (χ0n) is 10.9. The Kier molecular flexibility index (Phi) is 4.82. The predicted octanol–water partition coefficient (Wildman–Crippen LogP) is 3.81. The molecule has 90 valence electrons. The maximum Gasteiger partial charge on any atom is 0.0334 e. The molecule has 0 heterocycles. The lowest BCUT2D eigenvalue weighted by atomic mass is 9.89. The van der Waals surface area contributed by atoms with Gasteiger partial charge >= 0.3 is 0 Å². The van der Waals surface area contributed by atoms with Gasteiger partial charge in [0.2, 0.25) is 0 Å². The largest absolute Gasteiger partial charge is 0.313 e. The molecule has 0 aliphatic heterocycles. The van der Waals surface area contributed by atoms with E-state index in [1.165, 1.54) is 27.8 Å². The Bertz CT molecular complexity index is 345. The van der Waals surface area contributed by atoms with E-state index in [1.807, 2.05) is 7.05 Å². The lowest BCUT2D eigenvalue weighted by molar-refractivity contribution is 0.572. The molecule has 0 fully saturated rings. The first-order chi connectivity index (χ1) is 7.52. The molecule has 1 atom stereocenters.